The molecule has 6 heteroatoms. The monoisotopic (exact) mass is 264 g/mol. The van der Waals surface area contributed by atoms with Gasteiger partial charge in [0.15, 0.2) is 0 Å². The van der Waals surface area contributed by atoms with E-state index < -0.39 is 0 Å². The highest BCUT2D eigenvalue weighted by atomic mass is 16.5. The van der Waals surface area contributed by atoms with Crippen molar-refractivity contribution in [2.24, 2.45) is 7.05 Å². The van der Waals surface area contributed by atoms with Crippen LogP contribution in [0, 0.1) is 6.92 Å². The van der Waals surface area contributed by atoms with Crippen LogP contribution in [-0.2, 0) is 20.2 Å². The smallest absolute Gasteiger partial charge is 0.335 e. The number of nitrogens with zero attached hydrogens (tertiary/aromatic N) is 3. The van der Waals surface area contributed by atoms with E-state index in [1.54, 1.807) is 18.1 Å². The Morgan fingerprint density at radius 2 is 2.32 bits per heavy atom. The minimum atomic E-state index is 0.346. The normalized spacial score (nSPS) is 10.9. The molecule has 0 unspecified atom stereocenters. The van der Waals surface area contributed by atoms with Crippen molar-refractivity contribution in [3.05, 3.63) is 29.5 Å². The molecule has 2 aromatic heterocycles. The molecule has 2 heterocycles. The van der Waals surface area contributed by atoms with Crippen molar-refractivity contribution in [2.75, 3.05) is 6.54 Å². The molecule has 0 saturated heterocycles. The van der Waals surface area contributed by atoms with Crippen LogP contribution in [0.15, 0.2) is 16.8 Å². The molecule has 104 valence electrons. The fourth-order valence-electron chi connectivity index (χ4n) is 1.76. The Balaban J connectivity index is 1.88. The minimum Gasteiger partial charge on any atom is -0.462 e. The highest BCUT2D eigenvalue weighted by Crippen LogP contribution is 2.16. The van der Waals surface area contributed by atoms with Gasteiger partial charge < -0.3 is 14.5 Å². The van der Waals surface area contributed by atoms with Crippen LogP contribution in [0.2, 0.25) is 0 Å². The first kappa shape index (κ1) is 13.6. The zero-order chi connectivity index (χ0) is 13.7. The van der Waals surface area contributed by atoms with Crippen LogP contribution in [0.25, 0.3) is 0 Å². The van der Waals surface area contributed by atoms with E-state index in [1.165, 1.54) is 5.56 Å². The third-order valence-electron chi connectivity index (χ3n) is 2.74. The summed E-state index contributed by atoms with van der Waals surface area (Å²) in [7, 11) is 1.80. The molecule has 0 aliphatic rings. The summed E-state index contributed by atoms with van der Waals surface area (Å²) in [5.41, 5.74) is 1.17. The second-order valence-corrected chi connectivity index (χ2v) is 4.46. The molecule has 0 radical (unpaired) electrons. The zero-order valence-electron chi connectivity index (χ0n) is 11.6. The van der Waals surface area contributed by atoms with Crippen molar-refractivity contribution < 1.29 is 9.15 Å². The predicted octanol–water partition coefficient (Wildman–Crippen LogP) is 1.80. The van der Waals surface area contributed by atoms with Crippen molar-refractivity contribution in [1.29, 1.82) is 0 Å². The fourth-order valence-corrected chi connectivity index (χ4v) is 1.76. The lowest BCUT2D eigenvalue weighted by molar-refractivity contribution is 0.247. The Morgan fingerprint density at radius 1 is 1.47 bits per heavy atom. The summed E-state index contributed by atoms with van der Waals surface area (Å²) >= 11 is 0. The molecule has 0 saturated carbocycles. The van der Waals surface area contributed by atoms with Crippen molar-refractivity contribution >= 4 is 0 Å². The van der Waals surface area contributed by atoms with E-state index in [0.29, 0.717) is 12.6 Å². The summed E-state index contributed by atoms with van der Waals surface area (Å²) < 4.78 is 12.7. The molecule has 0 amide bonds. The third kappa shape index (κ3) is 3.82. The molecule has 19 heavy (non-hydrogen) atoms. The highest BCUT2D eigenvalue weighted by molar-refractivity contribution is 5.20. The molecule has 0 bridgehead atoms. The summed E-state index contributed by atoms with van der Waals surface area (Å²) in [6.45, 7) is 6.29. The maximum atomic E-state index is 5.65. The quantitative estimate of drug-likeness (QED) is 0.772. The van der Waals surface area contributed by atoms with Crippen LogP contribution >= 0.6 is 0 Å². The molecule has 0 fully saturated rings. The van der Waals surface area contributed by atoms with Crippen LogP contribution < -0.4 is 10.1 Å². The van der Waals surface area contributed by atoms with Gasteiger partial charge in [-0.25, -0.2) is 0 Å². The first-order valence-electron chi connectivity index (χ1n) is 6.46. The second kappa shape index (κ2) is 6.38. The van der Waals surface area contributed by atoms with Gasteiger partial charge in [0.1, 0.15) is 24.5 Å². The lowest BCUT2D eigenvalue weighted by Crippen LogP contribution is -2.13. The van der Waals surface area contributed by atoms with E-state index in [9.17, 15) is 0 Å². The largest absolute Gasteiger partial charge is 0.462 e. The van der Waals surface area contributed by atoms with Crippen molar-refractivity contribution in [1.82, 2.24) is 20.1 Å². The Morgan fingerprint density at radius 3 is 3.00 bits per heavy atom. The number of ether oxygens (including phenoxy) is 1. The third-order valence-corrected chi connectivity index (χ3v) is 2.74. The lowest BCUT2D eigenvalue weighted by Gasteiger charge is -1.99. The van der Waals surface area contributed by atoms with Gasteiger partial charge in [0.25, 0.3) is 0 Å². The Bertz CT molecular complexity index is 518. The summed E-state index contributed by atoms with van der Waals surface area (Å²) in [4.78, 5) is 4.00. The molecule has 1 N–H and O–H groups in total. The van der Waals surface area contributed by atoms with E-state index in [-0.39, 0.29) is 0 Å². The van der Waals surface area contributed by atoms with Crippen LogP contribution in [0.4, 0.5) is 0 Å². The fraction of sp³-hybridized carbons (Fsp3) is 0.538. The maximum absolute atomic E-state index is 5.65. The lowest BCUT2D eigenvalue weighted by atomic mass is 10.2. The number of aromatic nitrogens is 3. The van der Waals surface area contributed by atoms with Gasteiger partial charge in [-0.1, -0.05) is 6.92 Å². The summed E-state index contributed by atoms with van der Waals surface area (Å²) in [5.74, 6) is 1.72. The first-order chi connectivity index (χ1) is 9.19. The van der Waals surface area contributed by atoms with E-state index >= 15 is 0 Å². The van der Waals surface area contributed by atoms with Gasteiger partial charge >= 0.3 is 6.01 Å². The van der Waals surface area contributed by atoms with E-state index in [0.717, 1.165) is 31.0 Å². The van der Waals surface area contributed by atoms with Gasteiger partial charge in [0.2, 0.25) is 0 Å². The standard InChI is InChI=1S/C13H20N4O2/c1-4-5-14-7-11-6-12(19-10(11)2)8-18-13-15-9-17(3)16-13/h6,9,14H,4-5,7-8H2,1-3H3. The predicted molar refractivity (Wildman–Crippen MR) is 70.8 cm³/mol. The molecule has 0 aliphatic heterocycles. The molecule has 2 rings (SSSR count). The maximum Gasteiger partial charge on any atom is 0.335 e. The van der Waals surface area contributed by atoms with Gasteiger partial charge in [0, 0.05) is 19.2 Å². The van der Waals surface area contributed by atoms with E-state index in [2.05, 4.69) is 22.3 Å². The number of hydrogen-bond donors (Lipinski definition) is 1. The van der Waals surface area contributed by atoms with Gasteiger partial charge in [-0.15, -0.1) is 5.10 Å². The molecule has 0 aliphatic carbocycles. The van der Waals surface area contributed by atoms with Crippen LogP contribution in [0.3, 0.4) is 0 Å². The van der Waals surface area contributed by atoms with Crippen molar-refractivity contribution in [3.63, 3.8) is 0 Å². The topological polar surface area (TPSA) is 65.1 Å². The first-order valence-corrected chi connectivity index (χ1v) is 6.46. The number of aryl methyl sites for hydroxylation is 2. The Hall–Kier alpha value is -1.82. The molecule has 2 aromatic rings. The van der Waals surface area contributed by atoms with Gasteiger partial charge in [-0.2, -0.15) is 4.98 Å². The van der Waals surface area contributed by atoms with Crippen LogP contribution in [0.1, 0.15) is 30.4 Å². The molecular formula is C13H20N4O2. The van der Waals surface area contributed by atoms with Gasteiger partial charge in [-0.3, -0.25) is 4.68 Å². The SMILES string of the molecule is CCCNCc1cc(COc2ncn(C)n2)oc1C. The van der Waals surface area contributed by atoms with Crippen LogP contribution in [0.5, 0.6) is 6.01 Å². The van der Waals surface area contributed by atoms with Crippen molar-refractivity contribution in [3.8, 4) is 6.01 Å². The van der Waals surface area contributed by atoms with Gasteiger partial charge in [-0.05, 0) is 26.0 Å². The second-order valence-electron chi connectivity index (χ2n) is 4.46. The summed E-state index contributed by atoms with van der Waals surface area (Å²) in [5, 5.41) is 7.40. The molecule has 0 atom stereocenters. The highest BCUT2D eigenvalue weighted by Gasteiger charge is 2.08. The zero-order valence-corrected chi connectivity index (χ0v) is 11.6. The average molecular weight is 264 g/mol. The van der Waals surface area contributed by atoms with Crippen molar-refractivity contribution in [2.45, 2.75) is 33.4 Å². The number of furan rings is 1. The van der Waals surface area contributed by atoms with Crippen LogP contribution in [-0.4, -0.2) is 21.3 Å². The average Bonchev–Trinajstić information content (AvgIpc) is 2.94. The summed E-state index contributed by atoms with van der Waals surface area (Å²) in [6, 6.07) is 2.38. The Kier molecular flexibility index (Phi) is 4.57. The number of hydrogen-bond acceptors (Lipinski definition) is 5. The van der Waals surface area contributed by atoms with E-state index in [4.69, 9.17) is 9.15 Å². The number of nitrogens with one attached hydrogen (secondary N) is 1. The Labute approximate surface area is 112 Å². The summed E-state index contributed by atoms with van der Waals surface area (Å²) in [6.07, 6.45) is 2.72. The van der Waals surface area contributed by atoms with Gasteiger partial charge in [0.05, 0.1) is 0 Å². The minimum absolute atomic E-state index is 0.346. The number of rotatable bonds is 7. The molecule has 6 nitrogen and oxygen atoms in total. The molecule has 0 spiro atoms. The van der Waals surface area contributed by atoms with E-state index in [1.807, 2.05) is 13.0 Å². The molecule has 0 aromatic carbocycles. The molecular weight excluding hydrogens is 244 g/mol.